The molecule has 1 aliphatic carbocycles. The molecule has 2 rings (SSSR count). The first-order valence-corrected chi connectivity index (χ1v) is 8.04. The first-order valence-electron chi connectivity index (χ1n) is 7.66. The van der Waals surface area contributed by atoms with Crippen molar-refractivity contribution < 1.29 is 4.79 Å². The quantitative estimate of drug-likeness (QED) is 0.807. The number of carbonyl (C=O) groups is 1. The summed E-state index contributed by atoms with van der Waals surface area (Å²) >= 11 is 6.10. The van der Waals surface area contributed by atoms with E-state index < -0.39 is 0 Å². The molecule has 1 aliphatic rings. The molecule has 116 valence electrons. The van der Waals surface area contributed by atoms with E-state index in [2.05, 4.69) is 36.4 Å². The van der Waals surface area contributed by atoms with Crippen LogP contribution in [-0.2, 0) is 0 Å². The van der Waals surface area contributed by atoms with E-state index in [1.54, 1.807) is 6.07 Å². The SMILES string of the molecule is CCCNc1cc(C(=O)NCC2(C(C)C)CC2)c(Cl)cn1. The molecule has 1 fully saturated rings. The third kappa shape index (κ3) is 3.88. The predicted octanol–water partition coefficient (Wildman–Crippen LogP) is 3.72. The van der Waals surface area contributed by atoms with Crippen LogP contribution in [-0.4, -0.2) is 24.0 Å². The first-order chi connectivity index (χ1) is 9.98. The molecule has 1 amide bonds. The Kier molecular flexibility index (Phi) is 5.09. The summed E-state index contributed by atoms with van der Waals surface area (Å²) in [6, 6.07) is 1.72. The van der Waals surface area contributed by atoms with Gasteiger partial charge in [0.15, 0.2) is 0 Å². The van der Waals surface area contributed by atoms with Gasteiger partial charge in [-0.3, -0.25) is 4.79 Å². The van der Waals surface area contributed by atoms with Crippen molar-refractivity contribution in [3.8, 4) is 0 Å². The van der Waals surface area contributed by atoms with Gasteiger partial charge in [-0.05, 0) is 36.7 Å². The molecular formula is C16H24ClN3O. The van der Waals surface area contributed by atoms with Crippen LogP contribution in [0.5, 0.6) is 0 Å². The lowest BCUT2D eigenvalue weighted by Gasteiger charge is -2.20. The second kappa shape index (κ2) is 6.65. The Morgan fingerprint density at radius 3 is 2.76 bits per heavy atom. The normalized spacial score (nSPS) is 15.9. The highest BCUT2D eigenvalue weighted by atomic mass is 35.5. The van der Waals surface area contributed by atoms with Crippen LogP contribution < -0.4 is 10.6 Å². The Morgan fingerprint density at radius 2 is 2.19 bits per heavy atom. The highest BCUT2D eigenvalue weighted by Crippen LogP contribution is 2.51. The number of anilines is 1. The third-order valence-electron chi connectivity index (χ3n) is 4.37. The van der Waals surface area contributed by atoms with Crippen molar-refractivity contribution in [1.29, 1.82) is 0 Å². The van der Waals surface area contributed by atoms with E-state index in [1.807, 2.05) is 0 Å². The van der Waals surface area contributed by atoms with Crippen molar-refractivity contribution in [1.82, 2.24) is 10.3 Å². The van der Waals surface area contributed by atoms with Gasteiger partial charge in [0.1, 0.15) is 5.82 Å². The molecule has 0 aromatic carbocycles. The van der Waals surface area contributed by atoms with Crippen molar-refractivity contribution in [3.05, 3.63) is 22.8 Å². The van der Waals surface area contributed by atoms with Gasteiger partial charge in [-0.1, -0.05) is 32.4 Å². The van der Waals surface area contributed by atoms with Crippen LogP contribution in [0.3, 0.4) is 0 Å². The number of hydrogen-bond donors (Lipinski definition) is 2. The molecule has 0 unspecified atom stereocenters. The maximum atomic E-state index is 12.3. The maximum Gasteiger partial charge on any atom is 0.253 e. The molecule has 21 heavy (non-hydrogen) atoms. The average Bonchev–Trinajstić information content (AvgIpc) is 3.25. The molecule has 5 heteroatoms. The Morgan fingerprint density at radius 1 is 1.48 bits per heavy atom. The summed E-state index contributed by atoms with van der Waals surface area (Å²) < 4.78 is 0. The summed E-state index contributed by atoms with van der Waals surface area (Å²) in [6.45, 7) is 8.06. The van der Waals surface area contributed by atoms with E-state index in [-0.39, 0.29) is 5.91 Å². The molecule has 2 N–H and O–H groups in total. The fourth-order valence-electron chi connectivity index (χ4n) is 2.43. The van der Waals surface area contributed by atoms with Gasteiger partial charge < -0.3 is 10.6 Å². The Bertz CT molecular complexity index is 512. The number of nitrogens with zero attached hydrogens (tertiary/aromatic N) is 1. The standard InChI is InChI=1S/C16H24ClN3O/c1-4-7-18-14-8-12(13(17)9-19-14)15(21)20-10-16(5-6-16)11(2)3/h8-9,11H,4-7,10H2,1-3H3,(H,18,19)(H,20,21). The minimum Gasteiger partial charge on any atom is -0.370 e. The fourth-order valence-corrected chi connectivity index (χ4v) is 2.62. The third-order valence-corrected chi connectivity index (χ3v) is 4.68. The molecule has 1 heterocycles. The van der Waals surface area contributed by atoms with Crippen LogP contribution in [0.4, 0.5) is 5.82 Å². The summed E-state index contributed by atoms with van der Waals surface area (Å²) in [7, 11) is 0. The number of pyridine rings is 1. The van der Waals surface area contributed by atoms with Crippen molar-refractivity contribution >= 4 is 23.3 Å². The fraction of sp³-hybridized carbons (Fsp3) is 0.625. The lowest BCUT2D eigenvalue weighted by Crippen LogP contribution is -2.32. The van der Waals surface area contributed by atoms with Crippen LogP contribution >= 0.6 is 11.6 Å². The number of aromatic nitrogens is 1. The van der Waals surface area contributed by atoms with E-state index in [1.165, 1.54) is 19.0 Å². The molecule has 4 nitrogen and oxygen atoms in total. The van der Waals surface area contributed by atoms with Crippen molar-refractivity contribution in [2.75, 3.05) is 18.4 Å². The van der Waals surface area contributed by atoms with E-state index in [9.17, 15) is 4.79 Å². The van der Waals surface area contributed by atoms with Gasteiger partial charge >= 0.3 is 0 Å². The summed E-state index contributed by atoms with van der Waals surface area (Å²) in [5.74, 6) is 1.16. The van der Waals surface area contributed by atoms with Crippen LogP contribution in [0.15, 0.2) is 12.3 Å². The van der Waals surface area contributed by atoms with Crippen LogP contribution in [0.2, 0.25) is 5.02 Å². The molecular weight excluding hydrogens is 286 g/mol. The zero-order valence-corrected chi connectivity index (χ0v) is 13.8. The first kappa shape index (κ1) is 16.1. The Hall–Kier alpha value is -1.29. The minimum atomic E-state index is -0.117. The molecule has 1 aromatic heterocycles. The van der Waals surface area contributed by atoms with Gasteiger partial charge in [0.2, 0.25) is 0 Å². The number of nitrogens with one attached hydrogen (secondary N) is 2. The van der Waals surface area contributed by atoms with Crippen LogP contribution in [0, 0.1) is 11.3 Å². The van der Waals surface area contributed by atoms with Crippen molar-refractivity contribution in [2.24, 2.45) is 11.3 Å². The molecule has 0 spiro atoms. The second-order valence-electron chi connectivity index (χ2n) is 6.18. The highest BCUT2D eigenvalue weighted by molar-refractivity contribution is 6.33. The van der Waals surface area contributed by atoms with Gasteiger partial charge in [0.25, 0.3) is 5.91 Å². The number of amides is 1. The minimum absolute atomic E-state index is 0.117. The topological polar surface area (TPSA) is 54.0 Å². The lowest BCUT2D eigenvalue weighted by molar-refractivity contribution is 0.0940. The molecule has 0 bridgehead atoms. The van der Waals surface area contributed by atoms with Gasteiger partial charge in [0, 0.05) is 19.3 Å². The van der Waals surface area contributed by atoms with Crippen LogP contribution in [0.25, 0.3) is 0 Å². The summed E-state index contributed by atoms with van der Waals surface area (Å²) in [5.41, 5.74) is 0.781. The van der Waals surface area contributed by atoms with Gasteiger partial charge in [-0.15, -0.1) is 0 Å². The predicted molar refractivity (Wildman–Crippen MR) is 86.9 cm³/mol. The number of rotatable bonds is 7. The number of hydrogen-bond acceptors (Lipinski definition) is 3. The number of halogens is 1. The second-order valence-corrected chi connectivity index (χ2v) is 6.58. The molecule has 0 aliphatic heterocycles. The largest absolute Gasteiger partial charge is 0.370 e. The molecule has 0 atom stereocenters. The van der Waals surface area contributed by atoms with E-state index >= 15 is 0 Å². The Labute approximate surface area is 131 Å². The van der Waals surface area contributed by atoms with E-state index in [0.29, 0.717) is 27.7 Å². The zero-order chi connectivity index (χ0) is 15.5. The van der Waals surface area contributed by atoms with Gasteiger partial charge in [-0.2, -0.15) is 0 Å². The number of carbonyl (C=O) groups excluding carboxylic acids is 1. The van der Waals surface area contributed by atoms with E-state index in [4.69, 9.17) is 11.6 Å². The monoisotopic (exact) mass is 309 g/mol. The average molecular weight is 310 g/mol. The van der Waals surface area contributed by atoms with Crippen molar-refractivity contribution in [3.63, 3.8) is 0 Å². The molecule has 1 saturated carbocycles. The smallest absolute Gasteiger partial charge is 0.253 e. The molecule has 0 radical (unpaired) electrons. The summed E-state index contributed by atoms with van der Waals surface area (Å²) in [4.78, 5) is 16.5. The van der Waals surface area contributed by atoms with E-state index in [0.717, 1.165) is 19.5 Å². The lowest BCUT2D eigenvalue weighted by atomic mass is 9.92. The maximum absolute atomic E-state index is 12.3. The highest BCUT2D eigenvalue weighted by Gasteiger charge is 2.45. The summed E-state index contributed by atoms with van der Waals surface area (Å²) in [5, 5.41) is 6.59. The summed E-state index contributed by atoms with van der Waals surface area (Å²) in [6.07, 6.45) is 4.92. The van der Waals surface area contributed by atoms with Gasteiger partial charge in [0.05, 0.1) is 10.6 Å². The van der Waals surface area contributed by atoms with Gasteiger partial charge in [-0.25, -0.2) is 4.98 Å². The zero-order valence-electron chi connectivity index (χ0n) is 13.0. The molecule has 0 saturated heterocycles. The van der Waals surface area contributed by atoms with Crippen molar-refractivity contribution in [2.45, 2.75) is 40.0 Å². The Balaban J connectivity index is 2.01. The molecule has 1 aromatic rings. The van der Waals surface area contributed by atoms with Crippen LogP contribution in [0.1, 0.15) is 50.4 Å².